The minimum atomic E-state index is -0.747. The summed E-state index contributed by atoms with van der Waals surface area (Å²) >= 11 is 0. The maximum Gasteiger partial charge on any atom is 0.294 e. The molecule has 3 rings (SSSR count). The van der Waals surface area contributed by atoms with Gasteiger partial charge < -0.3 is 5.11 Å². The van der Waals surface area contributed by atoms with E-state index in [1.165, 1.54) is 4.90 Å². The normalized spacial score (nSPS) is 18.0. The molecule has 0 bridgehead atoms. The number of aliphatic hydroxyl groups excluding tert-OH is 1. The Morgan fingerprint density at radius 1 is 1.08 bits per heavy atom. The van der Waals surface area contributed by atoms with Crippen LogP contribution in [0.4, 0.5) is 5.69 Å². The van der Waals surface area contributed by atoms with Gasteiger partial charge in [-0.1, -0.05) is 45.0 Å². The molecule has 1 atom stereocenters. The van der Waals surface area contributed by atoms with Crippen LogP contribution in [0.15, 0.2) is 66.1 Å². The summed E-state index contributed by atoms with van der Waals surface area (Å²) in [5.41, 5.74) is 0.506. The van der Waals surface area contributed by atoms with Gasteiger partial charge in [0.2, 0.25) is 0 Å². The Bertz CT molecular complexity index is 836. The van der Waals surface area contributed by atoms with Crippen molar-refractivity contribution < 1.29 is 14.7 Å². The fourth-order valence-electron chi connectivity index (χ4n) is 2.91. The average molecular weight is 336 g/mol. The number of ketones is 1. The number of rotatable bonds is 3. The number of hydrogen-bond acceptors (Lipinski definition) is 4. The SMILES string of the molecule is CC(C)(C)C(=O)C1=C(O)C(=O)N(c2ccccc2)C1c1ccccn1. The minimum absolute atomic E-state index is 0.0973. The molecule has 1 aromatic heterocycles. The van der Waals surface area contributed by atoms with Crippen LogP contribution >= 0.6 is 0 Å². The zero-order valence-electron chi connectivity index (χ0n) is 14.4. The first kappa shape index (κ1) is 16.9. The van der Waals surface area contributed by atoms with Gasteiger partial charge in [-0.25, -0.2) is 0 Å². The van der Waals surface area contributed by atoms with Crippen molar-refractivity contribution in [2.24, 2.45) is 5.41 Å². The van der Waals surface area contributed by atoms with Crippen LogP contribution in [0.1, 0.15) is 32.5 Å². The van der Waals surface area contributed by atoms with Crippen molar-refractivity contribution in [3.8, 4) is 0 Å². The molecule has 0 saturated carbocycles. The molecule has 0 radical (unpaired) electrons. The first-order valence-corrected chi connectivity index (χ1v) is 8.10. The summed E-state index contributed by atoms with van der Waals surface area (Å²) in [5.74, 6) is -1.36. The predicted molar refractivity (Wildman–Crippen MR) is 95.0 cm³/mol. The summed E-state index contributed by atoms with van der Waals surface area (Å²) in [6, 6.07) is 13.6. The van der Waals surface area contributed by atoms with Gasteiger partial charge in [0.15, 0.2) is 11.5 Å². The standard InChI is InChI=1S/C20H20N2O3/c1-20(2,3)18(24)15-16(14-11-7-8-12-21-14)22(19(25)17(15)23)13-9-5-4-6-10-13/h4-12,16,23H,1-3H3. The molecule has 0 saturated heterocycles. The third kappa shape index (κ3) is 2.93. The lowest BCUT2D eigenvalue weighted by Gasteiger charge is -2.28. The molecule has 1 amide bonds. The van der Waals surface area contributed by atoms with Crippen molar-refractivity contribution >= 4 is 17.4 Å². The van der Waals surface area contributed by atoms with Crippen LogP contribution in [0.5, 0.6) is 0 Å². The maximum atomic E-state index is 13.0. The quantitative estimate of drug-likeness (QED) is 0.930. The number of para-hydroxylation sites is 1. The molecule has 1 aliphatic rings. The number of aliphatic hydroxyl groups is 1. The van der Waals surface area contributed by atoms with E-state index in [0.29, 0.717) is 11.4 Å². The molecule has 1 N–H and O–H groups in total. The van der Waals surface area contributed by atoms with E-state index in [1.807, 2.05) is 6.07 Å². The third-order valence-corrected chi connectivity index (χ3v) is 4.14. The van der Waals surface area contributed by atoms with Crippen LogP contribution in [0.3, 0.4) is 0 Å². The number of hydrogen-bond donors (Lipinski definition) is 1. The minimum Gasteiger partial charge on any atom is -0.503 e. The monoisotopic (exact) mass is 336 g/mol. The molecule has 1 aliphatic heterocycles. The van der Waals surface area contributed by atoms with Crippen molar-refractivity contribution in [2.45, 2.75) is 26.8 Å². The molecular weight excluding hydrogens is 316 g/mol. The van der Waals surface area contributed by atoms with Gasteiger partial charge in [0.05, 0.1) is 11.3 Å². The second-order valence-corrected chi connectivity index (χ2v) is 7.01. The Labute approximate surface area is 146 Å². The zero-order chi connectivity index (χ0) is 18.2. The zero-order valence-corrected chi connectivity index (χ0v) is 14.4. The second-order valence-electron chi connectivity index (χ2n) is 7.01. The highest BCUT2D eigenvalue weighted by Crippen LogP contribution is 2.42. The van der Waals surface area contributed by atoms with Gasteiger partial charge >= 0.3 is 0 Å². The van der Waals surface area contributed by atoms with E-state index in [1.54, 1.807) is 69.4 Å². The largest absolute Gasteiger partial charge is 0.503 e. The number of carbonyl (C=O) groups excluding carboxylic acids is 2. The van der Waals surface area contributed by atoms with Crippen LogP contribution < -0.4 is 4.90 Å². The van der Waals surface area contributed by atoms with Crippen molar-refractivity contribution in [2.75, 3.05) is 4.90 Å². The number of aromatic nitrogens is 1. The van der Waals surface area contributed by atoms with Crippen LogP contribution in [-0.2, 0) is 9.59 Å². The molecule has 25 heavy (non-hydrogen) atoms. The summed E-state index contributed by atoms with van der Waals surface area (Å²) in [6.45, 7) is 5.29. The Morgan fingerprint density at radius 2 is 1.72 bits per heavy atom. The van der Waals surface area contributed by atoms with Crippen LogP contribution in [0, 0.1) is 5.41 Å². The number of amides is 1. The lowest BCUT2D eigenvalue weighted by molar-refractivity contribution is -0.123. The summed E-state index contributed by atoms with van der Waals surface area (Å²) < 4.78 is 0. The number of benzene rings is 1. The smallest absolute Gasteiger partial charge is 0.294 e. The van der Waals surface area contributed by atoms with E-state index < -0.39 is 23.1 Å². The van der Waals surface area contributed by atoms with E-state index in [9.17, 15) is 14.7 Å². The molecule has 1 aromatic carbocycles. The van der Waals surface area contributed by atoms with Gasteiger partial charge in [-0.15, -0.1) is 0 Å². The molecule has 5 heteroatoms. The fraction of sp³-hybridized carbons (Fsp3) is 0.250. The maximum absolute atomic E-state index is 13.0. The molecule has 2 aromatic rings. The number of nitrogens with zero attached hydrogens (tertiary/aromatic N) is 2. The van der Waals surface area contributed by atoms with Crippen molar-refractivity contribution in [3.05, 3.63) is 71.8 Å². The van der Waals surface area contributed by atoms with E-state index in [0.717, 1.165) is 0 Å². The topological polar surface area (TPSA) is 70.5 Å². The Kier molecular flexibility index (Phi) is 4.17. The van der Waals surface area contributed by atoms with E-state index in [4.69, 9.17) is 0 Å². The van der Waals surface area contributed by atoms with Gasteiger partial charge in [-0.2, -0.15) is 0 Å². The number of carbonyl (C=O) groups is 2. The Balaban J connectivity index is 2.19. The first-order valence-electron chi connectivity index (χ1n) is 8.10. The average Bonchev–Trinajstić information content (AvgIpc) is 2.86. The lowest BCUT2D eigenvalue weighted by atomic mass is 9.83. The predicted octanol–water partition coefficient (Wildman–Crippen LogP) is 3.60. The first-order chi connectivity index (χ1) is 11.8. The summed E-state index contributed by atoms with van der Waals surface area (Å²) in [4.78, 5) is 31.5. The Hall–Kier alpha value is -2.95. The van der Waals surface area contributed by atoms with Crippen LogP contribution in [0.2, 0.25) is 0 Å². The van der Waals surface area contributed by atoms with E-state index >= 15 is 0 Å². The van der Waals surface area contributed by atoms with Gasteiger partial charge in [0.1, 0.15) is 6.04 Å². The number of pyridine rings is 1. The van der Waals surface area contributed by atoms with Gasteiger partial charge in [-0.05, 0) is 24.3 Å². The third-order valence-electron chi connectivity index (χ3n) is 4.14. The molecule has 0 fully saturated rings. The number of anilines is 1. The van der Waals surface area contributed by atoms with E-state index in [2.05, 4.69) is 4.98 Å². The summed E-state index contributed by atoms with van der Waals surface area (Å²) in [5, 5.41) is 10.5. The summed E-state index contributed by atoms with van der Waals surface area (Å²) in [6.07, 6.45) is 1.61. The highest BCUT2D eigenvalue weighted by Gasteiger charge is 2.47. The fourth-order valence-corrected chi connectivity index (χ4v) is 2.91. The van der Waals surface area contributed by atoms with Crippen molar-refractivity contribution in [1.82, 2.24) is 4.98 Å². The molecule has 1 unspecified atom stereocenters. The van der Waals surface area contributed by atoms with Gasteiger partial charge in [-0.3, -0.25) is 19.5 Å². The molecule has 128 valence electrons. The summed E-state index contributed by atoms with van der Waals surface area (Å²) in [7, 11) is 0. The molecule has 2 heterocycles. The highest BCUT2D eigenvalue weighted by atomic mass is 16.3. The van der Waals surface area contributed by atoms with Crippen molar-refractivity contribution in [3.63, 3.8) is 0 Å². The van der Waals surface area contributed by atoms with Gasteiger partial charge in [0, 0.05) is 17.3 Å². The molecule has 5 nitrogen and oxygen atoms in total. The van der Waals surface area contributed by atoms with Crippen molar-refractivity contribution in [1.29, 1.82) is 0 Å². The van der Waals surface area contributed by atoms with Crippen LogP contribution in [0.25, 0.3) is 0 Å². The van der Waals surface area contributed by atoms with E-state index in [-0.39, 0.29) is 11.4 Å². The molecular formula is C20H20N2O3. The molecule has 0 spiro atoms. The second kappa shape index (κ2) is 6.16. The molecule has 0 aliphatic carbocycles. The number of Topliss-reactive ketones (excluding diaryl/α,β-unsaturated/α-hetero) is 1. The lowest BCUT2D eigenvalue weighted by Crippen LogP contribution is -2.33. The van der Waals surface area contributed by atoms with Crippen LogP contribution in [-0.4, -0.2) is 21.8 Å². The Morgan fingerprint density at radius 3 is 2.28 bits per heavy atom. The highest BCUT2D eigenvalue weighted by molar-refractivity contribution is 6.17. The van der Waals surface area contributed by atoms with Gasteiger partial charge in [0.25, 0.3) is 5.91 Å².